The van der Waals surface area contributed by atoms with E-state index in [0.717, 1.165) is 5.56 Å². The van der Waals surface area contributed by atoms with Gasteiger partial charge in [-0.15, -0.1) is 0 Å². The third-order valence-electron chi connectivity index (χ3n) is 6.27. The lowest BCUT2D eigenvalue weighted by molar-refractivity contribution is -0.148. The molecule has 6 N–H and O–H groups in total. The summed E-state index contributed by atoms with van der Waals surface area (Å²) in [6.45, 7) is 8.98. The van der Waals surface area contributed by atoms with Crippen LogP contribution in [0.25, 0.3) is 0 Å². The van der Waals surface area contributed by atoms with Gasteiger partial charge in [-0.05, 0) is 37.2 Å². The number of aliphatic hydroxyl groups excluding tert-OH is 1. The molecule has 0 aliphatic heterocycles. The molecule has 1 aromatic carbocycles. The lowest BCUT2D eigenvalue weighted by Gasteiger charge is -2.38. The fraction of sp³-hybridized carbons (Fsp3) is 0.571. The molecule has 0 spiro atoms. The van der Waals surface area contributed by atoms with Gasteiger partial charge in [0, 0.05) is 6.92 Å². The summed E-state index contributed by atoms with van der Waals surface area (Å²) < 4.78 is 0. The second-order valence-corrected chi connectivity index (χ2v) is 10.6. The monoisotopic (exact) mass is 561 g/mol. The lowest BCUT2D eigenvalue weighted by Crippen LogP contribution is -2.62. The summed E-state index contributed by atoms with van der Waals surface area (Å²) in [5, 5.41) is 16.7. The van der Waals surface area contributed by atoms with Crippen LogP contribution in [0.2, 0.25) is 0 Å². The van der Waals surface area contributed by atoms with Crippen molar-refractivity contribution in [1.82, 2.24) is 20.9 Å². The third kappa shape index (κ3) is 10.4. The molecule has 222 valence electrons. The zero-order valence-electron chi connectivity index (χ0n) is 24.0. The van der Waals surface area contributed by atoms with Crippen LogP contribution in [0.4, 0.5) is 0 Å². The molecule has 0 bridgehead atoms. The van der Waals surface area contributed by atoms with Gasteiger partial charge in [0.1, 0.15) is 30.5 Å². The number of carbonyl (C=O) groups excluding carboxylic acids is 6. The van der Waals surface area contributed by atoms with Crippen molar-refractivity contribution in [3.05, 3.63) is 35.9 Å². The Bertz CT molecular complexity index is 1030. The van der Waals surface area contributed by atoms with Crippen LogP contribution in [0.15, 0.2) is 30.3 Å². The van der Waals surface area contributed by atoms with Crippen LogP contribution in [0.1, 0.15) is 53.5 Å². The highest BCUT2D eigenvalue weighted by molar-refractivity contribution is 5.96. The van der Waals surface area contributed by atoms with Gasteiger partial charge in [-0.1, -0.05) is 58.0 Å². The van der Waals surface area contributed by atoms with E-state index in [1.807, 2.05) is 19.9 Å². The number of aliphatic hydroxyl groups is 1. The van der Waals surface area contributed by atoms with E-state index in [4.69, 9.17) is 5.73 Å². The van der Waals surface area contributed by atoms with Gasteiger partial charge in [0.05, 0.1) is 12.6 Å². The Hall–Kier alpha value is -3.80. The topological polar surface area (TPSA) is 188 Å². The standard InChI is InChI=1S/C28H43N5O7/c1-16(2)12-23(25(29)37)33(21(14-34)13-20-10-8-7-9-11-20)28(40)24(17(3)4)32-26(38)18(5)30-27(39)22(15-35)31-19(6)36/h7-11,14,16-18,21-24,35H,12-13,15H2,1-6H3,(H2,29,37)(H,30,39)(H,31,36)(H,32,38)/t18-,21-,22-,23-,24-/m0/s1. The van der Waals surface area contributed by atoms with Crippen molar-refractivity contribution in [1.29, 1.82) is 0 Å². The van der Waals surface area contributed by atoms with Crippen molar-refractivity contribution in [2.75, 3.05) is 6.61 Å². The Morgan fingerprint density at radius 1 is 0.950 bits per heavy atom. The number of carbonyl (C=O) groups is 6. The first-order chi connectivity index (χ1) is 18.7. The van der Waals surface area contributed by atoms with E-state index in [1.165, 1.54) is 18.7 Å². The minimum absolute atomic E-state index is 0.0396. The zero-order chi connectivity index (χ0) is 30.6. The number of nitrogens with two attached hydrogens (primary N) is 1. The number of aldehydes is 1. The van der Waals surface area contributed by atoms with Gasteiger partial charge in [0.2, 0.25) is 29.5 Å². The van der Waals surface area contributed by atoms with E-state index in [-0.39, 0.29) is 18.8 Å². The summed E-state index contributed by atoms with van der Waals surface area (Å²) >= 11 is 0. The molecule has 0 unspecified atom stereocenters. The molecule has 1 aromatic rings. The van der Waals surface area contributed by atoms with E-state index in [2.05, 4.69) is 16.0 Å². The van der Waals surface area contributed by atoms with E-state index in [1.54, 1.807) is 38.1 Å². The molecule has 0 aliphatic rings. The minimum Gasteiger partial charge on any atom is -0.394 e. The van der Waals surface area contributed by atoms with Crippen molar-refractivity contribution in [3.8, 4) is 0 Å². The number of benzene rings is 1. The van der Waals surface area contributed by atoms with Crippen molar-refractivity contribution < 1.29 is 33.9 Å². The molecule has 0 aromatic heterocycles. The number of rotatable bonds is 16. The van der Waals surface area contributed by atoms with Gasteiger partial charge in [0.25, 0.3) is 0 Å². The van der Waals surface area contributed by atoms with Gasteiger partial charge in [0.15, 0.2) is 0 Å². The number of amides is 5. The molecule has 0 aliphatic carbocycles. The van der Waals surface area contributed by atoms with Crippen LogP contribution >= 0.6 is 0 Å². The van der Waals surface area contributed by atoms with Crippen molar-refractivity contribution >= 4 is 35.8 Å². The Labute approximate surface area is 235 Å². The van der Waals surface area contributed by atoms with Crippen molar-refractivity contribution in [2.45, 2.75) is 84.6 Å². The van der Waals surface area contributed by atoms with Crippen LogP contribution in [0.5, 0.6) is 0 Å². The molecule has 0 saturated heterocycles. The molecule has 0 fully saturated rings. The largest absolute Gasteiger partial charge is 0.394 e. The van der Waals surface area contributed by atoms with E-state index < -0.39 is 72.3 Å². The van der Waals surface area contributed by atoms with Crippen molar-refractivity contribution in [3.63, 3.8) is 0 Å². The van der Waals surface area contributed by atoms with Gasteiger partial charge < -0.3 is 36.5 Å². The highest BCUT2D eigenvalue weighted by Gasteiger charge is 2.40. The first-order valence-corrected chi connectivity index (χ1v) is 13.3. The number of primary amides is 1. The summed E-state index contributed by atoms with van der Waals surface area (Å²) in [5.74, 6) is -3.99. The number of hydrogen-bond donors (Lipinski definition) is 5. The first-order valence-electron chi connectivity index (χ1n) is 13.3. The third-order valence-corrected chi connectivity index (χ3v) is 6.27. The van der Waals surface area contributed by atoms with Crippen LogP contribution in [0, 0.1) is 11.8 Å². The highest BCUT2D eigenvalue weighted by Crippen LogP contribution is 2.20. The molecule has 0 radical (unpaired) electrons. The Balaban J connectivity index is 3.32. The predicted molar refractivity (Wildman–Crippen MR) is 148 cm³/mol. The minimum atomic E-state index is -1.26. The molecule has 1 rings (SSSR count). The number of hydrogen-bond acceptors (Lipinski definition) is 7. The van der Waals surface area contributed by atoms with Gasteiger partial charge in [-0.2, -0.15) is 0 Å². The molecule has 12 heteroatoms. The Kier molecular flexibility index (Phi) is 14.0. The van der Waals surface area contributed by atoms with Gasteiger partial charge in [-0.3, -0.25) is 24.0 Å². The fourth-order valence-electron chi connectivity index (χ4n) is 4.20. The summed E-state index contributed by atoms with van der Waals surface area (Å²) in [6.07, 6.45) is 0.937. The molecular formula is C28H43N5O7. The zero-order valence-corrected chi connectivity index (χ0v) is 24.0. The molecule has 0 heterocycles. The van der Waals surface area contributed by atoms with Crippen LogP contribution in [-0.4, -0.2) is 82.6 Å². The maximum atomic E-state index is 14.0. The summed E-state index contributed by atoms with van der Waals surface area (Å²) in [5.41, 5.74) is 6.50. The second-order valence-electron chi connectivity index (χ2n) is 10.6. The summed E-state index contributed by atoms with van der Waals surface area (Å²) in [4.78, 5) is 76.9. The van der Waals surface area contributed by atoms with Gasteiger partial charge >= 0.3 is 0 Å². The Morgan fingerprint density at radius 2 is 1.55 bits per heavy atom. The molecule has 12 nitrogen and oxygen atoms in total. The quantitative estimate of drug-likeness (QED) is 0.171. The van der Waals surface area contributed by atoms with Gasteiger partial charge in [-0.25, -0.2) is 0 Å². The molecule has 5 atom stereocenters. The normalized spacial score (nSPS) is 14.8. The highest BCUT2D eigenvalue weighted by atomic mass is 16.3. The van der Waals surface area contributed by atoms with Crippen LogP contribution in [0.3, 0.4) is 0 Å². The van der Waals surface area contributed by atoms with Crippen LogP contribution < -0.4 is 21.7 Å². The Morgan fingerprint density at radius 3 is 2.00 bits per heavy atom. The number of nitrogens with one attached hydrogen (secondary N) is 3. The first kappa shape index (κ1) is 34.2. The molecule has 40 heavy (non-hydrogen) atoms. The van der Waals surface area contributed by atoms with E-state index in [9.17, 15) is 33.9 Å². The second kappa shape index (κ2) is 16.3. The maximum Gasteiger partial charge on any atom is 0.246 e. The molecular weight excluding hydrogens is 518 g/mol. The molecule has 5 amide bonds. The van der Waals surface area contributed by atoms with E-state index >= 15 is 0 Å². The summed E-state index contributed by atoms with van der Waals surface area (Å²) in [7, 11) is 0. The molecule has 0 saturated carbocycles. The SMILES string of the molecule is CC(=O)N[C@@H](CO)C(=O)N[C@@H](C)C(=O)N[C@H](C(=O)N([C@H](C=O)Cc1ccccc1)[C@@H](CC(C)C)C(N)=O)C(C)C. The summed E-state index contributed by atoms with van der Waals surface area (Å²) in [6, 6.07) is 3.29. The average Bonchev–Trinajstić information content (AvgIpc) is 2.88. The maximum absolute atomic E-state index is 14.0. The predicted octanol–water partition coefficient (Wildman–Crippen LogP) is -0.332. The van der Waals surface area contributed by atoms with Crippen molar-refractivity contribution in [2.24, 2.45) is 17.6 Å². The number of nitrogens with zero attached hydrogens (tertiary/aromatic N) is 1. The smallest absolute Gasteiger partial charge is 0.246 e. The lowest BCUT2D eigenvalue weighted by atomic mass is 9.94. The average molecular weight is 562 g/mol. The fourth-order valence-corrected chi connectivity index (χ4v) is 4.20. The van der Waals surface area contributed by atoms with Crippen LogP contribution in [-0.2, 0) is 35.2 Å². The van der Waals surface area contributed by atoms with E-state index in [0.29, 0.717) is 6.29 Å².